The minimum Gasteiger partial charge on any atom is -0.495 e. The van der Waals surface area contributed by atoms with Gasteiger partial charge in [0.2, 0.25) is 9.84 Å². The van der Waals surface area contributed by atoms with Crippen molar-refractivity contribution < 1.29 is 17.9 Å². The van der Waals surface area contributed by atoms with Gasteiger partial charge in [0.1, 0.15) is 11.4 Å². The van der Waals surface area contributed by atoms with Gasteiger partial charge in [-0.3, -0.25) is 4.79 Å². The van der Waals surface area contributed by atoms with Crippen LogP contribution in [0.4, 0.5) is 0 Å². The number of methoxy groups -OCH3 is 1. The number of nitrogens with zero attached hydrogens (tertiary/aromatic N) is 3. The topological polar surface area (TPSA) is 90.6 Å². The molecule has 0 unspecified atom stereocenters. The number of hydrogen-bond donors (Lipinski definition) is 0. The first-order valence-corrected chi connectivity index (χ1v) is 10.8. The fourth-order valence-corrected chi connectivity index (χ4v) is 4.26. The van der Waals surface area contributed by atoms with Crippen LogP contribution in [0, 0.1) is 0 Å². The van der Waals surface area contributed by atoms with Crippen LogP contribution in [-0.2, 0) is 16.3 Å². The van der Waals surface area contributed by atoms with Crippen molar-refractivity contribution in [3.05, 3.63) is 84.4 Å². The molecular weight excluding hydrogens is 402 g/mol. The third-order valence-electron chi connectivity index (χ3n) is 4.81. The number of carbonyl (C=O) groups excluding carboxylic acids is 1. The lowest BCUT2D eigenvalue weighted by Gasteiger charge is -2.07. The number of Topliss-reactive ketones (excluding diaryl/α,β-unsaturated/α-hetero) is 1. The van der Waals surface area contributed by atoms with Crippen molar-refractivity contribution in [3.63, 3.8) is 0 Å². The van der Waals surface area contributed by atoms with Gasteiger partial charge in [-0.25, -0.2) is 18.4 Å². The lowest BCUT2D eigenvalue weighted by atomic mass is 10.0. The first-order valence-electron chi connectivity index (χ1n) is 9.27. The molecule has 0 bridgehead atoms. The highest BCUT2D eigenvalue weighted by Gasteiger charge is 2.19. The maximum Gasteiger partial charge on any atom is 0.223 e. The summed E-state index contributed by atoms with van der Waals surface area (Å²) in [5.41, 5.74) is 2.29. The molecule has 7 nitrogen and oxygen atoms in total. The zero-order chi connectivity index (χ0) is 21.1. The van der Waals surface area contributed by atoms with Gasteiger partial charge in [-0.15, -0.1) is 0 Å². The van der Waals surface area contributed by atoms with E-state index in [1.54, 1.807) is 65.5 Å². The van der Waals surface area contributed by atoms with Gasteiger partial charge < -0.3 is 9.14 Å². The molecular formula is C22H19N3O4S. The van der Waals surface area contributed by atoms with E-state index in [0.29, 0.717) is 24.2 Å². The normalized spacial score (nSPS) is 11.5. The Morgan fingerprint density at radius 2 is 1.83 bits per heavy atom. The second-order valence-corrected chi connectivity index (χ2v) is 8.61. The molecule has 4 rings (SSSR count). The first-order chi connectivity index (χ1) is 14.5. The van der Waals surface area contributed by atoms with Gasteiger partial charge >= 0.3 is 0 Å². The number of hydrogen-bond acceptors (Lipinski definition) is 6. The molecule has 8 heteroatoms. The number of rotatable bonds is 7. The summed E-state index contributed by atoms with van der Waals surface area (Å²) in [5, 5.41) is -0.0406. The molecule has 0 saturated heterocycles. The van der Waals surface area contributed by atoms with Crippen LogP contribution in [0.5, 0.6) is 5.75 Å². The third-order valence-corrected chi connectivity index (χ3v) is 6.49. The Hall–Kier alpha value is -3.52. The van der Waals surface area contributed by atoms with E-state index < -0.39 is 9.84 Å². The van der Waals surface area contributed by atoms with Gasteiger partial charge in [0.05, 0.1) is 18.2 Å². The van der Waals surface area contributed by atoms with Crippen LogP contribution in [-0.4, -0.2) is 35.7 Å². The molecule has 0 aliphatic carbocycles. The molecule has 30 heavy (non-hydrogen) atoms. The second-order valence-electron chi connectivity index (χ2n) is 6.72. The smallest absolute Gasteiger partial charge is 0.223 e. The number of pyridine rings is 2. The average molecular weight is 421 g/mol. The molecule has 0 N–H and O–H groups in total. The van der Waals surface area contributed by atoms with Gasteiger partial charge in [-0.2, -0.15) is 0 Å². The lowest BCUT2D eigenvalue weighted by molar-refractivity contribution is 0.0982. The van der Waals surface area contributed by atoms with Crippen LogP contribution in [0.3, 0.4) is 0 Å². The van der Waals surface area contributed by atoms with E-state index in [4.69, 9.17) is 4.74 Å². The highest BCUT2D eigenvalue weighted by molar-refractivity contribution is 7.91. The van der Waals surface area contributed by atoms with Crippen LogP contribution >= 0.6 is 0 Å². The van der Waals surface area contributed by atoms with Crippen molar-refractivity contribution in [2.45, 2.75) is 22.8 Å². The SMILES string of the molecule is COc1ccc(S(=O)(=O)c2ccc(CCC(=O)c3ccc4nccn4c3)cc2)nc1. The largest absolute Gasteiger partial charge is 0.495 e. The minimum atomic E-state index is -3.71. The highest BCUT2D eigenvalue weighted by Crippen LogP contribution is 2.21. The summed E-state index contributed by atoms with van der Waals surface area (Å²) in [6.45, 7) is 0. The van der Waals surface area contributed by atoms with E-state index >= 15 is 0 Å². The van der Waals surface area contributed by atoms with E-state index in [2.05, 4.69) is 9.97 Å². The molecule has 0 amide bonds. The van der Waals surface area contributed by atoms with Gasteiger partial charge in [0.15, 0.2) is 10.8 Å². The molecule has 0 fully saturated rings. The fraction of sp³-hybridized carbons (Fsp3) is 0.136. The molecule has 3 heterocycles. The molecule has 0 aliphatic rings. The van der Waals surface area contributed by atoms with Crippen LogP contribution in [0.15, 0.2) is 83.2 Å². The summed E-state index contributed by atoms with van der Waals surface area (Å²) in [5.74, 6) is 0.505. The number of fused-ring (bicyclic) bond motifs is 1. The molecule has 0 atom stereocenters. The summed E-state index contributed by atoms with van der Waals surface area (Å²) < 4.78 is 32.2. The predicted molar refractivity (Wildman–Crippen MR) is 111 cm³/mol. The zero-order valence-corrected chi connectivity index (χ0v) is 17.0. The Labute approximate surface area is 173 Å². The van der Waals surface area contributed by atoms with E-state index in [1.165, 1.54) is 19.4 Å². The standard InChI is InChI=1S/C22H19N3O4S/c1-29-18-6-11-22(24-14-18)30(27,28)19-7-2-16(3-8-19)4-9-20(26)17-5-10-21-23-12-13-25(21)15-17/h2-3,5-8,10-15H,4,9H2,1H3. The Morgan fingerprint density at radius 3 is 2.53 bits per heavy atom. The quantitative estimate of drug-likeness (QED) is 0.425. The second kappa shape index (κ2) is 8.08. The zero-order valence-electron chi connectivity index (χ0n) is 16.2. The maximum absolute atomic E-state index is 12.7. The molecule has 0 radical (unpaired) electrons. The Morgan fingerprint density at radius 1 is 1.03 bits per heavy atom. The number of ketones is 1. The molecule has 4 aromatic rings. The Kier molecular flexibility index (Phi) is 5.33. The van der Waals surface area contributed by atoms with Crippen molar-refractivity contribution in [2.24, 2.45) is 0 Å². The van der Waals surface area contributed by atoms with Gasteiger partial charge in [0, 0.05) is 30.6 Å². The average Bonchev–Trinajstić information content (AvgIpc) is 3.25. The third kappa shape index (κ3) is 3.95. The van der Waals surface area contributed by atoms with Gasteiger partial charge in [-0.1, -0.05) is 12.1 Å². The number of imidazole rings is 1. The number of sulfone groups is 1. The summed E-state index contributed by atoms with van der Waals surface area (Å²) in [6.07, 6.45) is 7.45. The van der Waals surface area contributed by atoms with Crippen LogP contribution in [0.1, 0.15) is 22.3 Å². The number of carbonyl (C=O) groups is 1. The van der Waals surface area contributed by atoms with Crippen molar-refractivity contribution in [1.29, 1.82) is 0 Å². The highest BCUT2D eigenvalue weighted by atomic mass is 32.2. The van der Waals surface area contributed by atoms with Crippen molar-refractivity contribution >= 4 is 21.3 Å². The van der Waals surface area contributed by atoms with Crippen LogP contribution in [0.25, 0.3) is 5.65 Å². The molecule has 3 aromatic heterocycles. The number of benzene rings is 1. The predicted octanol–water partition coefficient (Wildman–Crippen LogP) is 3.39. The Balaban J connectivity index is 1.44. The summed E-state index contributed by atoms with van der Waals surface area (Å²) in [4.78, 5) is 20.8. The minimum absolute atomic E-state index is 0.0183. The van der Waals surface area contributed by atoms with Crippen molar-refractivity contribution in [3.8, 4) is 5.75 Å². The van der Waals surface area contributed by atoms with Crippen molar-refractivity contribution in [1.82, 2.24) is 14.4 Å². The van der Waals surface area contributed by atoms with Crippen LogP contribution in [0.2, 0.25) is 0 Å². The number of ether oxygens (including phenoxy) is 1. The van der Waals surface area contributed by atoms with E-state index in [1.807, 2.05) is 0 Å². The van der Waals surface area contributed by atoms with E-state index in [9.17, 15) is 13.2 Å². The first kappa shape index (κ1) is 19.8. The van der Waals surface area contributed by atoms with Crippen molar-refractivity contribution in [2.75, 3.05) is 7.11 Å². The fourth-order valence-electron chi connectivity index (χ4n) is 3.09. The summed E-state index contributed by atoms with van der Waals surface area (Å²) >= 11 is 0. The maximum atomic E-state index is 12.7. The molecule has 0 saturated carbocycles. The van der Waals surface area contributed by atoms with E-state index in [0.717, 1.165) is 11.2 Å². The van der Waals surface area contributed by atoms with E-state index in [-0.39, 0.29) is 15.7 Å². The molecule has 1 aromatic carbocycles. The monoisotopic (exact) mass is 421 g/mol. The lowest BCUT2D eigenvalue weighted by Crippen LogP contribution is -2.05. The molecule has 152 valence electrons. The van der Waals surface area contributed by atoms with Crippen LogP contribution < -0.4 is 4.74 Å². The van der Waals surface area contributed by atoms with Gasteiger partial charge in [-0.05, 0) is 48.4 Å². The molecule has 0 aliphatic heterocycles. The summed E-state index contributed by atoms with van der Waals surface area (Å²) in [7, 11) is -2.22. The van der Waals surface area contributed by atoms with Gasteiger partial charge in [0.25, 0.3) is 0 Å². The summed E-state index contributed by atoms with van der Waals surface area (Å²) in [6, 6.07) is 13.1. The Bertz CT molecular complexity index is 1290. The number of aryl methyl sites for hydroxylation is 1. The number of aromatic nitrogens is 3. The molecule has 0 spiro atoms.